The summed E-state index contributed by atoms with van der Waals surface area (Å²) >= 11 is 0. The van der Waals surface area contributed by atoms with E-state index in [0.717, 1.165) is 18.8 Å². The number of rotatable bonds is 7. The molecule has 82 valence electrons. The molecule has 0 saturated heterocycles. The van der Waals surface area contributed by atoms with Gasteiger partial charge in [-0.1, -0.05) is 39.2 Å². The molecule has 1 unspecified atom stereocenters. The molecule has 14 heavy (non-hydrogen) atoms. The number of allylic oxidation sites excluding steroid dienone is 1. The Morgan fingerprint density at radius 2 is 2.00 bits per heavy atom. The molecule has 0 aromatic rings. The molecule has 0 aromatic carbocycles. The third-order valence-corrected chi connectivity index (χ3v) is 2.62. The van der Waals surface area contributed by atoms with E-state index < -0.39 is 5.97 Å². The Bertz CT molecular complexity index is 194. The van der Waals surface area contributed by atoms with E-state index in [4.69, 9.17) is 0 Å². The van der Waals surface area contributed by atoms with Crippen LogP contribution < -0.4 is 5.11 Å². The van der Waals surface area contributed by atoms with Crippen LogP contribution in [0, 0.1) is 5.92 Å². The van der Waals surface area contributed by atoms with Crippen molar-refractivity contribution in [3.63, 3.8) is 0 Å². The topological polar surface area (TPSA) is 40.1 Å². The van der Waals surface area contributed by atoms with Crippen molar-refractivity contribution in [3.8, 4) is 0 Å². The van der Waals surface area contributed by atoms with E-state index in [1.54, 1.807) is 13.0 Å². The smallest absolute Gasteiger partial charge is 0.0668 e. The van der Waals surface area contributed by atoms with Gasteiger partial charge in [0.15, 0.2) is 0 Å². The fourth-order valence-electron chi connectivity index (χ4n) is 1.58. The molecule has 0 saturated carbocycles. The van der Waals surface area contributed by atoms with Crippen molar-refractivity contribution < 1.29 is 9.90 Å². The monoisotopic (exact) mass is 197 g/mol. The Hall–Kier alpha value is -0.790. The van der Waals surface area contributed by atoms with Crippen LogP contribution >= 0.6 is 0 Å². The molecule has 0 N–H and O–H groups in total. The summed E-state index contributed by atoms with van der Waals surface area (Å²) in [5, 5.41) is 10.4. The van der Waals surface area contributed by atoms with Crippen LogP contribution in [-0.4, -0.2) is 5.97 Å². The van der Waals surface area contributed by atoms with Crippen LogP contribution in [0.25, 0.3) is 0 Å². The molecule has 0 aliphatic carbocycles. The number of hydrogen-bond donors (Lipinski definition) is 0. The van der Waals surface area contributed by atoms with E-state index in [0.29, 0.717) is 5.57 Å². The third-order valence-electron chi connectivity index (χ3n) is 2.62. The SMILES string of the molecule is CCCC(CC)CC/C=C(\C)C(=O)[O-]. The summed E-state index contributed by atoms with van der Waals surface area (Å²) in [6, 6.07) is 0. The minimum atomic E-state index is -1.05. The van der Waals surface area contributed by atoms with E-state index in [-0.39, 0.29) is 0 Å². The van der Waals surface area contributed by atoms with Gasteiger partial charge in [-0.2, -0.15) is 0 Å². The summed E-state index contributed by atoms with van der Waals surface area (Å²) < 4.78 is 0. The molecule has 1 atom stereocenters. The fraction of sp³-hybridized carbons (Fsp3) is 0.750. The third kappa shape index (κ3) is 5.79. The van der Waals surface area contributed by atoms with Gasteiger partial charge in [0.1, 0.15) is 0 Å². The second-order valence-electron chi connectivity index (χ2n) is 3.81. The van der Waals surface area contributed by atoms with Crippen molar-refractivity contribution in [2.75, 3.05) is 0 Å². The van der Waals surface area contributed by atoms with E-state index in [1.165, 1.54) is 19.3 Å². The van der Waals surface area contributed by atoms with Crippen molar-refractivity contribution in [2.45, 2.75) is 52.9 Å². The lowest BCUT2D eigenvalue weighted by Gasteiger charge is -2.12. The maximum absolute atomic E-state index is 10.4. The number of carbonyl (C=O) groups is 1. The fourth-order valence-corrected chi connectivity index (χ4v) is 1.58. The number of carbonyl (C=O) groups excluding carboxylic acids is 1. The van der Waals surface area contributed by atoms with Crippen LogP contribution in [0.2, 0.25) is 0 Å². The lowest BCUT2D eigenvalue weighted by Crippen LogP contribution is -2.23. The van der Waals surface area contributed by atoms with Crippen LogP contribution in [0.1, 0.15) is 52.9 Å². The summed E-state index contributed by atoms with van der Waals surface area (Å²) in [4.78, 5) is 10.4. The minimum absolute atomic E-state index is 0.358. The summed E-state index contributed by atoms with van der Waals surface area (Å²) in [6.07, 6.45) is 7.36. The maximum Gasteiger partial charge on any atom is 0.0668 e. The van der Waals surface area contributed by atoms with E-state index in [2.05, 4.69) is 13.8 Å². The molecule has 0 aromatic heterocycles. The van der Waals surface area contributed by atoms with Crippen molar-refractivity contribution in [1.82, 2.24) is 0 Å². The first-order valence-electron chi connectivity index (χ1n) is 5.49. The van der Waals surface area contributed by atoms with Gasteiger partial charge >= 0.3 is 0 Å². The van der Waals surface area contributed by atoms with Gasteiger partial charge in [0, 0.05) is 0 Å². The number of carboxylic acids is 1. The highest BCUT2D eigenvalue weighted by Gasteiger charge is 2.03. The number of hydrogen-bond acceptors (Lipinski definition) is 2. The van der Waals surface area contributed by atoms with E-state index >= 15 is 0 Å². The van der Waals surface area contributed by atoms with Crippen LogP contribution in [-0.2, 0) is 4.79 Å². The van der Waals surface area contributed by atoms with Gasteiger partial charge in [0.05, 0.1) is 5.97 Å². The molecule has 0 heterocycles. The molecule has 0 aliphatic heterocycles. The molecular formula is C12H21O2-. The molecule has 0 radical (unpaired) electrons. The zero-order valence-corrected chi connectivity index (χ0v) is 9.51. The molecule has 0 rings (SSSR count). The van der Waals surface area contributed by atoms with Gasteiger partial charge in [0.2, 0.25) is 0 Å². The quantitative estimate of drug-likeness (QED) is 0.587. The zero-order valence-electron chi connectivity index (χ0n) is 9.51. The van der Waals surface area contributed by atoms with Crippen LogP contribution in [0.15, 0.2) is 11.6 Å². The predicted octanol–water partition coefficient (Wildman–Crippen LogP) is 2.29. The van der Waals surface area contributed by atoms with Crippen LogP contribution in [0.5, 0.6) is 0 Å². The van der Waals surface area contributed by atoms with Crippen molar-refractivity contribution in [3.05, 3.63) is 11.6 Å². The Labute approximate surface area is 87.0 Å². The number of carboxylic acid groups (broad SMARTS) is 1. The Morgan fingerprint density at radius 1 is 1.36 bits per heavy atom. The average molecular weight is 197 g/mol. The highest BCUT2D eigenvalue weighted by Crippen LogP contribution is 2.17. The largest absolute Gasteiger partial charge is 0.545 e. The summed E-state index contributed by atoms with van der Waals surface area (Å²) in [5.41, 5.74) is 0.358. The molecular weight excluding hydrogens is 176 g/mol. The molecule has 2 heteroatoms. The Kier molecular flexibility index (Phi) is 7.17. The van der Waals surface area contributed by atoms with Gasteiger partial charge < -0.3 is 9.90 Å². The number of aliphatic carboxylic acids is 1. The highest BCUT2D eigenvalue weighted by atomic mass is 16.4. The standard InChI is InChI=1S/C12H22O2/c1-4-7-11(5-2)9-6-8-10(3)12(13)14/h8,11H,4-7,9H2,1-3H3,(H,13,14)/p-1/b10-8+. The summed E-state index contributed by atoms with van der Waals surface area (Å²) in [7, 11) is 0. The Morgan fingerprint density at radius 3 is 2.43 bits per heavy atom. The first-order chi connectivity index (χ1) is 6.61. The first kappa shape index (κ1) is 13.2. The van der Waals surface area contributed by atoms with Gasteiger partial charge in [0.25, 0.3) is 0 Å². The molecule has 0 spiro atoms. The molecule has 0 fully saturated rings. The predicted molar refractivity (Wildman–Crippen MR) is 56.7 cm³/mol. The normalized spacial score (nSPS) is 14.1. The maximum atomic E-state index is 10.4. The average Bonchev–Trinajstić information content (AvgIpc) is 2.16. The molecule has 0 bridgehead atoms. The van der Waals surface area contributed by atoms with E-state index in [1.807, 2.05) is 0 Å². The van der Waals surface area contributed by atoms with Crippen molar-refractivity contribution >= 4 is 5.97 Å². The highest BCUT2D eigenvalue weighted by molar-refractivity contribution is 5.83. The van der Waals surface area contributed by atoms with Crippen molar-refractivity contribution in [1.29, 1.82) is 0 Å². The second kappa shape index (κ2) is 7.60. The first-order valence-corrected chi connectivity index (χ1v) is 5.49. The lowest BCUT2D eigenvalue weighted by molar-refractivity contribution is -0.299. The second-order valence-corrected chi connectivity index (χ2v) is 3.81. The van der Waals surface area contributed by atoms with Gasteiger partial charge in [-0.3, -0.25) is 0 Å². The minimum Gasteiger partial charge on any atom is -0.545 e. The van der Waals surface area contributed by atoms with Gasteiger partial charge in [-0.25, -0.2) is 0 Å². The molecule has 0 amide bonds. The van der Waals surface area contributed by atoms with Crippen molar-refractivity contribution in [2.24, 2.45) is 5.92 Å². The zero-order chi connectivity index (χ0) is 11.0. The Balaban J connectivity index is 3.80. The van der Waals surface area contributed by atoms with Gasteiger partial charge in [-0.05, 0) is 31.3 Å². The van der Waals surface area contributed by atoms with Gasteiger partial charge in [-0.15, -0.1) is 0 Å². The van der Waals surface area contributed by atoms with Crippen LogP contribution in [0.3, 0.4) is 0 Å². The summed E-state index contributed by atoms with van der Waals surface area (Å²) in [5.74, 6) is -0.306. The lowest BCUT2D eigenvalue weighted by atomic mass is 9.95. The molecule has 0 aliphatic rings. The molecule has 2 nitrogen and oxygen atoms in total. The summed E-state index contributed by atoms with van der Waals surface area (Å²) in [6.45, 7) is 5.97. The van der Waals surface area contributed by atoms with E-state index in [9.17, 15) is 9.90 Å². The van der Waals surface area contributed by atoms with Crippen LogP contribution in [0.4, 0.5) is 0 Å².